The fourth-order valence-corrected chi connectivity index (χ4v) is 1.62. The van der Waals surface area contributed by atoms with Crippen molar-refractivity contribution in [1.82, 2.24) is 4.90 Å². The van der Waals surface area contributed by atoms with Gasteiger partial charge >= 0.3 is 11.9 Å². The molecule has 0 saturated heterocycles. The van der Waals surface area contributed by atoms with Gasteiger partial charge in [0.05, 0.1) is 0 Å². The van der Waals surface area contributed by atoms with Crippen LogP contribution < -0.4 is 0 Å². The topological polar surface area (TPSA) is 80.8 Å². The molecule has 0 aromatic rings. The van der Waals surface area contributed by atoms with E-state index in [0.29, 0.717) is 25.8 Å². The van der Waals surface area contributed by atoms with Gasteiger partial charge in [-0.25, -0.2) is 0 Å². The summed E-state index contributed by atoms with van der Waals surface area (Å²) in [6.07, 6.45) is 4.73. The van der Waals surface area contributed by atoms with Crippen molar-refractivity contribution in [3.8, 4) is 0 Å². The summed E-state index contributed by atoms with van der Waals surface area (Å²) >= 11 is 0. The first-order valence-electron chi connectivity index (χ1n) is 6.31. The normalized spacial score (nSPS) is 14.1. The molecule has 0 spiro atoms. The van der Waals surface area contributed by atoms with Crippen molar-refractivity contribution in [2.45, 2.75) is 39.0 Å². The van der Waals surface area contributed by atoms with Crippen LogP contribution in [0.15, 0.2) is 12.2 Å². The minimum absolute atomic E-state index is 0.173. The Kier molecular flexibility index (Phi) is 5.92. The number of esters is 2. The van der Waals surface area contributed by atoms with Gasteiger partial charge in [0.15, 0.2) is 0 Å². The Morgan fingerprint density at radius 2 is 1.68 bits per heavy atom. The highest BCUT2D eigenvalue weighted by Crippen LogP contribution is 2.08. The average Bonchev–Trinajstić information content (AvgIpc) is 2.69. The van der Waals surface area contributed by atoms with Crippen LogP contribution in [-0.4, -0.2) is 35.2 Å². The van der Waals surface area contributed by atoms with E-state index in [1.807, 2.05) is 0 Å². The highest BCUT2D eigenvalue weighted by Gasteiger charge is 2.22. The lowest BCUT2D eigenvalue weighted by Crippen LogP contribution is -2.30. The van der Waals surface area contributed by atoms with Crippen LogP contribution in [0.4, 0.5) is 0 Å². The minimum atomic E-state index is -0.526. The number of hydrogen-bond donors (Lipinski definition) is 0. The lowest BCUT2D eigenvalue weighted by atomic mass is 10.2. The quantitative estimate of drug-likeness (QED) is 0.297. The lowest BCUT2D eigenvalue weighted by Gasteiger charge is -2.12. The number of nitrogens with zero attached hydrogens (tertiary/aromatic N) is 1. The molecule has 0 unspecified atom stereocenters. The molecule has 1 heterocycles. The Hall–Kier alpha value is -1.98. The molecule has 1 rings (SSSR count). The van der Waals surface area contributed by atoms with Crippen LogP contribution >= 0.6 is 0 Å². The molecule has 0 radical (unpaired) electrons. The van der Waals surface area contributed by atoms with Crippen molar-refractivity contribution < 1.29 is 23.9 Å². The van der Waals surface area contributed by atoms with Gasteiger partial charge in [0.2, 0.25) is 0 Å². The van der Waals surface area contributed by atoms with E-state index in [4.69, 9.17) is 0 Å². The number of rotatable bonds is 7. The molecule has 0 bridgehead atoms. The Bertz CT molecular complexity index is 395. The minimum Gasteiger partial charge on any atom is -0.393 e. The Balaban J connectivity index is 2.08. The van der Waals surface area contributed by atoms with E-state index < -0.39 is 11.9 Å². The maximum atomic E-state index is 11.2. The van der Waals surface area contributed by atoms with Crippen LogP contribution in [0.2, 0.25) is 0 Å². The van der Waals surface area contributed by atoms with Crippen molar-refractivity contribution in [2.75, 3.05) is 6.54 Å². The number of ether oxygens (including phenoxy) is 1. The zero-order chi connectivity index (χ0) is 14.3. The molecule has 104 valence electrons. The Labute approximate surface area is 111 Å². The van der Waals surface area contributed by atoms with Gasteiger partial charge in [0.1, 0.15) is 0 Å². The summed E-state index contributed by atoms with van der Waals surface area (Å²) in [5, 5.41) is 0. The zero-order valence-electron chi connectivity index (χ0n) is 10.9. The van der Waals surface area contributed by atoms with Crippen molar-refractivity contribution in [2.24, 2.45) is 0 Å². The van der Waals surface area contributed by atoms with Crippen molar-refractivity contribution >= 4 is 23.8 Å². The summed E-state index contributed by atoms with van der Waals surface area (Å²) in [5.41, 5.74) is 0. The number of carbonyl (C=O) groups is 4. The predicted octanol–water partition coefficient (Wildman–Crippen LogP) is 0.952. The fraction of sp³-hybridized carbons (Fsp3) is 0.538. The van der Waals surface area contributed by atoms with E-state index in [2.05, 4.69) is 4.74 Å². The van der Waals surface area contributed by atoms with Gasteiger partial charge in [0, 0.05) is 31.5 Å². The first kappa shape index (κ1) is 15.1. The SMILES string of the molecule is CCC(=O)OC(=O)CCCCCN1C(=O)C=CC1=O. The van der Waals surface area contributed by atoms with Crippen LogP contribution in [0, 0.1) is 0 Å². The molecule has 1 aliphatic heterocycles. The lowest BCUT2D eigenvalue weighted by molar-refractivity contribution is -0.159. The summed E-state index contributed by atoms with van der Waals surface area (Å²) < 4.78 is 4.51. The van der Waals surface area contributed by atoms with Crippen molar-refractivity contribution in [3.05, 3.63) is 12.2 Å². The zero-order valence-corrected chi connectivity index (χ0v) is 10.9. The predicted molar refractivity (Wildman–Crippen MR) is 65.7 cm³/mol. The summed E-state index contributed by atoms with van der Waals surface area (Å²) in [7, 11) is 0. The molecule has 0 aromatic heterocycles. The van der Waals surface area contributed by atoms with E-state index >= 15 is 0 Å². The van der Waals surface area contributed by atoms with E-state index in [-0.39, 0.29) is 24.7 Å². The molecule has 0 atom stereocenters. The van der Waals surface area contributed by atoms with Crippen molar-refractivity contribution in [1.29, 1.82) is 0 Å². The summed E-state index contributed by atoms with van der Waals surface area (Å²) in [6, 6.07) is 0. The first-order valence-corrected chi connectivity index (χ1v) is 6.31. The van der Waals surface area contributed by atoms with Gasteiger partial charge < -0.3 is 4.74 Å². The second-order valence-electron chi connectivity index (χ2n) is 4.17. The third-order valence-corrected chi connectivity index (χ3v) is 2.68. The molecule has 0 N–H and O–H groups in total. The number of carbonyl (C=O) groups excluding carboxylic acids is 4. The average molecular weight is 267 g/mol. The number of imide groups is 1. The van der Waals surface area contributed by atoms with E-state index in [1.165, 1.54) is 17.1 Å². The highest BCUT2D eigenvalue weighted by atomic mass is 16.6. The first-order chi connectivity index (χ1) is 9.04. The Morgan fingerprint density at radius 1 is 1.05 bits per heavy atom. The third-order valence-electron chi connectivity index (χ3n) is 2.68. The number of amides is 2. The molecule has 0 fully saturated rings. The molecule has 6 nitrogen and oxygen atoms in total. The molecule has 19 heavy (non-hydrogen) atoms. The standard InChI is InChI=1S/C13H17NO5/c1-2-12(17)19-13(18)6-4-3-5-9-14-10(15)7-8-11(14)16/h7-8H,2-6,9H2,1H3. The van der Waals surface area contributed by atoms with Crippen LogP contribution in [0.1, 0.15) is 39.0 Å². The van der Waals surface area contributed by atoms with Gasteiger partial charge in [0.25, 0.3) is 11.8 Å². The van der Waals surface area contributed by atoms with Crippen LogP contribution in [0.3, 0.4) is 0 Å². The molecular weight excluding hydrogens is 250 g/mol. The summed E-state index contributed by atoms with van der Waals surface area (Å²) in [4.78, 5) is 45.6. The van der Waals surface area contributed by atoms with Gasteiger partial charge in [-0.3, -0.25) is 24.1 Å². The molecule has 0 aliphatic carbocycles. The van der Waals surface area contributed by atoms with Crippen molar-refractivity contribution in [3.63, 3.8) is 0 Å². The molecule has 6 heteroatoms. The van der Waals surface area contributed by atoms with Crippen LogP contribution in [0.25, 0.3) is 0 Å². The second-order valence-corrected chi connectivity index (χ2v) is 4.17. The molecule has 0 saturated carbocycles. The van der Waals surface area contributed by atoms with Gasteiger partial charge in [-0.05, 0) is 12.8 Å². The van der Waals surface area contributed by atoms with E-state index in [9.17, 15) is 19.2 Å². The van der Waals surface area contributed by atoms with Crippen LogP contribution in [-0.2, 0) is 23.9 Å². The van der Waals surface area contributed by atoms with Gasteiger partial charge in [-0.1, -0.05) is 13.3 Å². The third kappa shape index (κ3) is 5.03. The highest BCUT2D eigenvalue weighted by molar-refractivity contribution is 6.12. The maximum absolute atomic E-state index is 11.2. The monoisotopic (exact) mass is 267 g/mol. The number of unbranched alkanes of at least 4 members (excludes halogenated alkanes) is 2. The van der Waals surface area contributed by atoms with Gasteiger partial charge in [-0.2, -0.15) is 0 Å². The molecule has 1 aliphatic rings. The smallest absolute Gasteiger partial charge is 0.313 e. The van der Waals surface area contributed by atoms with Gasteiger partial charge in [-0.15, -0.1) is 0 Å². The summed E-state index contributed by atoms with van der Waals surface area (Å²) in [5.74, 6) is -1.64. The Morgan fingerprint density at radius 3 is 2.26 bits per heavy atom. The second kappa shape index (κ2) is 7.45. The fourth-order valence-electron chi connectivity index (χ4n) is 1.62. The van der Waals surface area contributed by atoms with E-state index in [1.54, 1.807) is 6.92 Å². The number of hydrogen-bond acceptors (Lipinski definition) is 5. The summed E-state index contributed by atoms with van der Waals surface area (Å²) in [6.45, 7) is 1.97. The molecular formula is C13H17NO5. The maximum Gasteiger partial charge on any atom is 0.313 e. The largest absolute Gasteiger partial charge is 0.393 e. The van der Waals surface area contributed by atoms with Crippen LogP contribution in [0.5, 0.6) is 0 Å². The van der Waals surface area contributed by atoms with E-state index in [0.717, 1.165) is 0 Å². The molecule has 0 aromatic carbocycles. The molecule has 2 amide bonds.